The lowest BCUT2D eigenvalue weighted by Crippen LogP contribution is -2.58. The maximum atomic E-state index is 4.32. The highest BCUT2D eigenvalue weighted by Crippen LogP contribution is 2.13. The first-order chi connectivity index (χ1) is 8.61. The average molecular weight is 252 g/mol. The molecule has 1 aliphatic heterocycles. The van der Waals surface area contributed by atoms with Crippen molar-refractivity contribution in [1.29, 1.82) is 0 Å². The van der Waals surface area contributed by atoms with E-state index in [-0.39, 0.29) is 0 Å². The molecule has 18 heavy (non-hydrogen) atoms. The Balaban J connectivity index is 2.05. The van der Waals surface area contributed by atoms with E-state index < -0.39 is 0 Å². The molecule has 1 aliphatic rings. The van der Waals surface area contributed by atoms with Crippen LogP contribution in [-0.4, -0.2) is 77.4 Å². The molecule has 0 amide bonds. The van der Waals surface area contributed by atoms with Crippen LogP contribution in [0.2, 0.25) is 0 Å². The SMILES string of the molecule is CNC(Cc1ncnn1C)C1CN(C)CCN1C. The van der Waals surface area contributed by atoms with Crippen molar-refractivity contribution in [1.82, 2.24) is 29.9 Å². The summed E-state index contributed by atoms with van der Waals surface area (Å²) in [7, 11) is 8.38. The molecule has 6 heteroatoms. The number of piperazine rings is 1. The predicted molar refractivity (Wildman–Crippen MR) is 71.5 cm³/mol. The summed E-state index contributed by atoms with van der Waals surface area (Å²) in [6, 6.07) is 0.922. The zero-order chi connectivity index (χ0) is 13.1. The Bertz CT molecular complexity index is 376. The summed E-state index contributed by atoms with van der Waals surface area (Å²) in [6.45, 7) is 3.37. The third kappa shape index (κ3) is 2.88. The van der Waals surface area contributed by atoms with Gasteiger partial charge in [0.15, 0.2) is 0 Å². The molecule has 0 aliphatic carbocycles. The lowest BCUT2D eigenvalue weighted by atomic mass is 10.0. The summed E-state index contributed by atoms with van der Waals surface area (Å²) in [6.07, 6.45) is 2.54. The lowest BCUT2D eigenvalue weighted by molar-refractivity contribution is 0.0890. The molecule has 1 N–H and O–H groups in total. The van der Waals surface area contributed by atoms with Gasteiger partial charge in [-0.3, -0.25) is 9.58 Å². The number of hydrogen-bond acceptors (Lipinski definition) is 5. The molecule has 1 saturated heterocycles. The maximum Gasteiger partial charge on any atom is 0.138 e. The van der Waals surface area contributed by atoms with Crippen LogP contribution in [0.5, 0.6) is 0 Å². The molecule has 2 unspecified atom stereocenters. The monoisotopic (exact) mass is 252 g/mol. The fourth-order valence-electron chi connectivity index (χ4n) is 2.61. The number of nitrogens with one attached hydrogen (secondary N) is 1. The van der Waals surface area contributed by atoms with E-state index in [1.807, 2.05) is 18.8 Å². The molecule has 1 aromatic rings. The Morgan fingerprint density at radius 1 is 1.39 bits per heavy atom. The van der Waals surface area contributed by atoms with Gasteiger partial charge >= 0.3 is 0 Å². The van der Waals surface area contributed by atoms with E-state index >= 15 is 0 Å². The summed E-state index contributed by atoms with van der Waals surface area (Å²) < 4.78 is 1.86. The molecule has 1 fully saturated rings. The quantitative estimate of drug-likeness (QED) is 0.760. The number of hydrogen-bond donors (Lipinski definition) is 1. The van der Waals surface area contributed by atoms with Crippen LogP contribution in [0.15, 0.2) is 6.33 Å². The molecule has 2 heterocycles. The van der Waals surface area contributed by atoms with Gasteiger partial charge in [0.1, 0.15) is 12.2 Å². The number of nitrogens with zero attached hydrogens (tertiary/aromatic N) is 5. The average Bonchev–Trinajstić information content (AvgIpc) is 2.75. The topological polar surface area (TPSA) is 49.2 Å². The molecule has 0 aromatic carbocycles. The Hall–Kier alpha value is -0.980. The number of aryl methyl sites for hydroxylation is 1. The van der Waals surface area contributed by atoms with Crippen molar-refractivity contribution in [3.05, 3.63) is 12.2 Å². The number of aromatic nitrogens is 3. The minimum Gasteiger partial charge on any atom is -0.315 e. The van der Waals surface area contributed by atoms with Gasteiger partial charge in [-0.25, -0.2) is 4.98 Å². The zero-order valence-electron chi connectivity index (χ0n) is 11.8. The molecule has 6 nitrogen and oxygen atoms in total. The van der Waals surface area contributed by atoms with Gasteiger partial charge in [0.2, 0.25) is 0 Å². The summed E-state index contributed by atoms with van der Waals surface area (Å²) in [4.78, 5) is 9.16. The zero-order valence-corrected chi connectivity index (χ0v) is 11.8. The summed E-state index contributed by atoms with van der Waals surface area (Å²) in [5, 5.41) is 7.58. The first-order valence-electron chi connectivity index (χ1n) is 6.50. The third-order valence-corrected chi connectivity index (χ3v) is 3.94. The van der Waals surface area contributed by atoms with E-state index in [1.54, 1.807) is 6.33 Å². The minimum absolute atomic E-state index is 0.403. The first kappa shape index (κ1) is 13.5. The van der Waals surface area contributed by atoms with Crippen molar-refractivity contribution in [3.63, 3.8) is 0 Å². The van der Waals surface area contributed by atoms with Gasteiger partial charge in [0.25, 0.3) is 0 Å². The van der Waals surface area contributed by atoms with Gasteiger partial charge in [-0.15, -0.1) is 0 Å². The van der Waals surface area contributed by atoms with Crippen LogP contribution in [-0.2, 0) is 13.5 Å². The van der Waals surface area contributed by atoms with Gasteiger partial charge in [0.05, 0.1) is 0 Å². The summed E-state index contributed by atoms with van der Waals surface area (Å²) >= 11 is 0. The molecule has 2 rings (SSSR count). The van der Waals surface area contributed by atoms with Crippen LogP contribution in [0.1, 0.15) is 5.82 Å². The predicted octanol–water partition coefficient (Wildman–Crippen LogP) is -0.809. The minimum atomic E-state index is 0.403. The molecule has 0 spiro atoms. The Kier molecular flexibility index (Phi) is 4.31. The lowest BCUT2D eigenvalue weighted by Gasteiger charge is -2.41. The van der Waals surface area contributed by atoms with E-state index in [0.29, 0.717) is 12.1 Å². The van der Waals surface area contributed by atoms with Crippen molar-refractivity contribution < 1.29 is 0 Å². The van der Waals surface area contributed by atoms with E-state index in [4.69, 9.17) is 0 Å². The smallest absolute Gasteiger partial charge is 0.138 e. The molecule has 1 aromatic heterocycles. The Morgan fingerprint density at radius 3 is 2.78 bits per heavy atom. The van der Waals surface area contributed by atoms with E-state index in [0.717, 1.165) is 31.9 Å². The second-order valence-electron chi connectivity index (χ2n) is 5.21. The highest BCUT2D eigenvalue weighted by molar-refractivity contribution is 4.96. The third-order valence-electron chi connectivity index (χ3n) is 3.94. The van der Waals surface area contributed by atoms with Gasteiger partial charge in [-0.05, 0) is 21.1 Å². The van der Waals surface area contributed by atoms with Crippen LogP contribution in [0, 0.1) is 0 Å². The fourth-order valence-corrected chi connectivity index (χ4v) is 2.61. The van der Waals surface area contributed by atoms with Crippen molar-refractivity contribution in [2.45, 2.75) is 18.5 Å². The van der Waals surface area contributed by atoms with Crippen LogP contribution in [0.3, 0.4) is 0 Å². The van der Waals surface area contributed by atoms with E-state index in [2.05, 4.69) is 39.3 Å². The van der Waals surface area contributed by atoms with E-state index in [1.165, 1.54) is 0 Å². The standard InChI is InChI=1S/C12H24N6/c1-13-10(7-12-14-9-15-18(12)4)11-8-16(2)5-6-17(11)3/h9-11,13H,5-8H2,1-4H3. The van der Waals surface area contributed by atoms with E-state index in [9.17, 15) is 0 Å². The molecular formula is C12H24N6. The molecular weight excluding hydrogens is 228 g/mol. The van der Waals surface area contributed by atoms with Gasteiger partial charge in [0, 0.05) is 45.2 Å². The highest BCUT2D eigenvalue weighted by Gasteiger charge is 2.29. The van der Waals surface area contributed by atoms with Crippen molar-refractivity contribution in [2.24, 2.45) is 7.05 Å². The molecule has 2 atom stereocenters. The fraction of sp³-hybridized carbons (Fsp3) is 0.833. The van der Waals surface area contributed by atoms with Crippen molar-refractivity contribution in [2.75, 3.05) is 40.8 Å². The molecule has 102 valence electrons. The summed E-state index contributed by atoms with van der Waals surface area (Å²) in [5.74, 6) is 1.04. The van der Waals surface area contributed by atoms with Crippen LogP contribution in [0.25, 0.3) is 0 Å². The van der Waals surface area contributed by atoms with Gasteiger partial charge < -0.3 is 10.2 Å². The van der Waals surface area contributed by atoms with Crippen molar-refractivity contribution in [3.8, 4) is 0 Å². The van der Waals surface area contributed by atoms with Crippen LogP contribution < -0.4 is 5.32 Å². The summed E-state index contributed by atoms with van der Waals surface area (Å²) in [5.41, 5.74) is 0. The molecule has 0 radical (unpaired) electrons. The number of likely N-dealkylation sites (N-methyl/N-ethyl adjacent to an activating group) is 3. The second kappa shape index (κ2) is 5.77. The maximum absolute atomic E-state index is 4.32. The Labute approximate surface area is 109 Å². The number of rotatable bonds is 4. The van der Waals surface area contributed by atoms with Crippen molar-refractivity contribution >= 4 is 0 Å². The highest BCUT2D eigenvalue weighted by atomic mass is 15.3. The van der Waals surface area contributed by atoms with Gasteiger partial charge in [-0.1, -0.05) is 0 Å². The van der Waals surface area contributed by atoms with Gasteiger partial charge in [-0.2, -0.15) is 5.10 Å². The first-order valence-corrected chi connectivity index (χ1v) is 6.50. The molecule has 0 saturated carbocycles. The second-order valence-corrected chi connectivity index (χ2v) is 5.21. The molecule has 0 bridgehead atoms. The van der Waals surface area contributed by atoms with Crippen LogP contribution >= 0.6 is 0 Å². The van der Waals surface area contributed by atoms with Crippen LogP contribution in [0.4, 0.5) is 0 Å². The largest absolute Gasteiger partial charge is 0.315 e. The normalized spacial score (nSPS) is 24.3. The Morgan fingerprint density at radius 2 is 2.17 bits per heavy atom.